The lowest BCUT2D eigenvalue weighted by molar-refractivity contribution is -0.141. The number of morpholine rings is 1. The zero-order valence-electron chi connectivity index (χ0n) is 13.8. The van der Waals surface area contributed by atoms with E-state index in [4.69, 9.17) is 4.74 Å². The summed E-state index contributed by atoms with van der Waals surface area (Å²) in [7, 11) is 0. The molecule has 0 amide bonds. The fraction of sp³-hybridized carbons (Fsp3) is 0.368. The largest absolute Gasteiger partial charge is 0.433 e. The number of nitrogens with one attached hydrogen (secondary N) is 1. The summed E-state index contributed by atoms with van der Waals surface area (Å²) in [6, 6.07) is 10.0. The molecule has 4 rings (SSSR count). The third kappa shape index (κ3) is 3.12. The standard InChI is InChI=1S/C19H17F3N2O2/c20-19(21,22)17-8-13(5-6-23-17)16(25)7-12-1-3-14(4-2-12)18-9-15(10-26-18)24-11-18/h1-6,8,15,24H,7,9-11H2/t15-,18-/m1/s1. The highest BCUT2D eigenvalue weighted by molar-refractivity contribution is 5.97. The molecule has 1 N–H and O–H groups in total. The van der Waals surface area contributed by atoms with Crippen molar-refractivity contribution >= 4 is 5.78 Å². The van der Waals surface area contributed by atoms with Crippen LogP contribution in [0.1, 0.15) is 33.6 Å². The van der Waals surface area contributed by atoms with E-state index in [2.05, 4.69) is 10.3 Å². The van der Waals surface area contributed by atoms with E-state index >= 15 is 0 Å². The van der Waals surface area contributed by atoms with Crippen molar-refractivity contribution < 1.29 is 22.7 Å². The molecule has 0 aliphatic carbocycles. The molecule has 2 aliphatic rings. The zero-order chi connectivity index (χ0) is 18.4. The number of nitrogens with zero attached hydrogens (tertiary/aromatic N) is 1. The number of pyridine rings is 1. The van der Waals surface area contributed by atoms with Gasteiger partial charge < -0.3 is 10.1 Å². The number of ketones is 1. The number of halogens is 3. The number of alkyl halides is 3. The smallest absolute Gasteiger partial charge is 0.367 e. The van der Waals surface area contributed by atoms with Crippen LogP contribution in [0.4, 0.5) is 13.2 Å². The molecule has 1 aromatic carbocycles. The van der Waals surface area contributed by atoms with Crippen LogP contribution >= 0.6 is 0 Å². The van der Waals surface area contributed by atoms with Crippen molar-refractivity contribution in [1.82, 2.24) is 10.3 Å². The number of carbonyl (C=O) groups is 1. The molecule has 4 nitrogen and oxygen atoms in total. The molecule has 0 saturated carbocycles. The van der Waals surface area contributed by atoms with Crippen molar-refractivity contribution in [3.8, 4) is 0 Å². The van der Waals surface area contributed by atoms with Gasteiger partial charge in [0.2, 0.25) is 0 Å². The Balaban J connectivity index is 1.48. The molecule has 0 unspecified atom stereocenters. The van der Waals surface area contributed by atoms with E-state index in [0.717, 1.165) is 36.4 Å². The third-order valence-electron chi connectivity index (χ3n) is 5.03. The van der Waals surface area contributed by atoms with E-state index in [1.807, 2.05) is 24.3 Å². The molecule has 2 fully saturated rings. The van der Waals surface area contributed by atoms with Crippen LogP contribution in [0, 0.1) is 0 Å². The number of Topliss-reactive ketones (excluding diaryl/α,β-unsaturated/α-hetero) is 1. The van der Waals surface area contributed by atoms with Gasteiger partial charge in [-0.15, -0.1) is 0 Å². The Bertz CT molecular complexity index is 825. The van der Waals surface area contributed by atoms with Gasteiger partial charge in [-0.05, 0) is 29.7 Å². The van der Waals surface area contributed by atoms with Gasteiger partial charge in [0, 0.05) is 30.8 Å². The van der Waals surface area contributed by atoms with Crippen molar-refractivity contribution in [2.24, 2.45) is 0 Å². The lowest BCUT2D eigenvalue weighted by Gasteiger charge is -2.27. The highest BCUT2D eigenvalue weighted by Crippen LogP contribution is 2.40. The van der Waals surface area contributed by atoms with Crippen LogP contribution in [0.15, 0.2) is 42.6 Å². The number of hydrogen-bond acceptors (Lipinski definition) is 4. The Kier molecular flexibility index (Phi) is 4.08. The molecule has 0 spiro atoms. The third-order valence-corrected chi connectivity index (χ3v) is 5.03. The maximum Gasteiger partial charge on any atom is 0.433 e. The number of aromatic nitrogens is 1. The molecular weight excluding hydrogens is 345 g/mol. The first-order valence-corrected chi connectivity index (χ1v) is 8.39. The minimum Gasteiger partial charge on any atom is -0.367 e. The summed E-state index contributed by atoms with van der Waals surface area (Å²) in [6.45, 7) is 1.47. The molecule has 3 heterocycles. The lowest BCUT2D eigenvalue weighted by atomic mass is 9.91. The molecule has 136 valence electrons. The average molecular weight is 362 g/mol. The predicted molar refractivity (Wildman–Crippen MR) is 87.8 cm³/mol. The van der Waals surface area contributed by atoms with Crippen LogP contribution < -0.4 is 5.32 Å². The van der Waals surface area contributed by atoms with Crippen LogP contribution in [-0.2, 0) is 22.9 Å². The summed E-state index contributed by atoms with van der Waals surface area (Å²) in [5.41, 5.74) is 0.474. The Morgan fingerprint density at radius 2 is 2.04 bits per heavy atom. The first kappa shape index (κ1) is 17.2. The number of ether oxygens (including phenoxy) is 1. The number of fused-ring (bicyclic) bond motifs is 2. The van der Waals surface area contributed by atoms with Crippen LogP contribution in [0.5, 0.6) is 0 Å². The normalized spacial score (nSPS) is 24.8. The highest BCUT2D eigenvalue weighted by atomic mass is 19.4. The minimum atomic E-state index is -4.56. The van der Waals surface area contributed by atoms with Crippen LogP contribution in [0.2, 0.25) is 0 Å². The molecule has 2 aliphatic heterocycles. The molecule has 1 aromatic heterocycles. The van der Waals surface area contributed by atoms with Gasteiger partial charge in [0.15, 0.2) is 5.78 Å². The SMILES string of the molecule is O=C(Cc1ccc([C@@]23CN[C@@H](CO2)C3)cc1)c1ccnc(C(F)(F)F)c1. The number of hydrogen-bond donors (Lipinski definition) is 1. The summed E-state index contributed by atoms with van der Waals surface area (Å²) in [4.78, 5) is 15.6. The maximum atomic E-state index is 12.7. The van der Waals surface area contributed by atoms with Crippen LogP contribution in [0.3, 0.4) is 0 Å². The van der Waals surface area contributed by atoms with E-state index in [1.54, 1.807) is 0 Å². The lowest BCUT2D eigenvalue weighted by Crippen LogP contribution is -2.37. The van der Waals surface area contributed by atoms with Gasteiger partial charge in [-0.25, -0.2) is 0 Å². The fourth-order valence-corrected chi connectivity index (χ4v) is 3.62. The van der Waals surface area contributed by atoms with Gasteiger partial charge in [0.1, 0.15) is 11.3 Å². The second-order valence-electron chi connectivity index (χ2n) is 6.81. The quantitative estimate of drug-likeness (QED) is 0.850. The summed E-state index contributed by atoms with van der Waals surface area (Å²) in [6.07, 6.45) is -2.58. The summed E-state index contributed by atoms with van der Waals surface area (Å²) in [5, 5.41) is 3.40. The maximum absolute atomic E-state index is 12.7. The molecule has 7 heteroatoms. The van der Waals surface area contributed by atoms with Gasteiger partial charge in [-0.3, -0.25) is 9.78 Å². The molecular formula is C19H17F3N2O2. The van der Waals surface area contributed by atoms with Crippen molar-refractivity contribution in [2.45, 2.75) is 30.7 Å². The summed E-state index contributed by atoms with van der Waals surface area (Å²) < 4.78 is 44.1. The molecule has 2 saturated heterocycles. The predicted octanol–water partition coefficient (Wildman–Crippen LogP) is 3.11. The van der Waals surface area contributed by atoms with E-state index in [-0.39, 0.29) is 23.4 Å². The molecule has 0 radical (unpaired) electrons. The summed E-state index contributed by atoms with van der Waals surface area (Å²) >= 11 is 0. The van der Waals surface area contributed by atoms with Crippen molar-refractivity contribution in [1.29, 1.82) is 0 Å². The van der Waals surface area contributed by atoms with Gasteiger partial charge in [0.05, 0.1) is 6.61 Å². The number of rotatable bonds is 4. The van der Waals surface area contributed by atoms with Crippen LogP contribution in [-0.4, -0.2) is 30.0 Å². The van der Waals surface area contributed by atoms with Gasteiger partial charge in [0.25, 0.3) is 0 Å². The monoisotopic (exact) mass is 362 g/mol. The van der Waals surface area contributed by atoms with Gasteiger partial charge >= 0.3 is 6.18 Å². The van der Waals surface area contributed by atoms with Crippen LogP contribution in [0.25, 0.3) is 0 Å². The summed E-state index contributed by atoms with van der Waals surface area (Å²) in [5.74, 6) is -0.372. The van der Waals surface area contributed by atoms with E-state index < -0.39 is 11.9 Å². The highest BCUT2D eigenvalue weighted by Gasteiger charge is 2.47. The Labute approximate surface area is 148 Å². The van der Waals surface area contributed by atoms with Crippen molar-refractivity contribution in [2.75, 3.05) is 13.2 Å². The molecule has 2 aromatic rings. The molecule has 26 heavy (non-hydrogen) atoms. The zero-order valence-corrected chi connectivity index (χ0v) is 13.8. The fourth-order valence-electron chi connectivity index (χ4n) is 3.62. The first-order chi connectivity index (χ1) is 12.4. The Morgan fingerprint density at radius 3 is 2.62 bits per heavy atom. The minimum absolute atomic E-state index is 0.0111. The molecule has 2 atom stereocenters. The van der Waals surface area contributed by atoms with E-state index in [0.29, 0.717) is 12.6 Å². The topological polar surface area (TPSA) is 51.2 Å². The Hall–Kier alpha value is -2.25. The Morgan fingerprint density at radius 1 is 1.27 bits per heavy atom. The second-order valence-corrected chi connectivity index (χ2v) is 6.81. The van der Waals surface area contributed by atoms with Gasteiger partial charge in [-0.1, -0.05) is 24.3 Å². The first-order valence-electron chi connectivity index (χ1n) is 8.39. The van der Waals surface area contributed by atoms with Gasteiger partial charge in [-0.2, -0.15) is 13.2 Å². The van der Waals surface area contributed by atoms with Crippen molar-refractivity contribution in [3.63, 3.8) is 0 Å². The average Bonchev–Trinajstić information content (AvgIpc) is 3.24. The van der Waals surface area contributed by atoms with E-state index in [1.165, 1.54) is 6.07 Å². The second kappa shape index (κ2) is 6.17. The van der Waals surface area contributed by atoms with Crippen molar-refractivity contribution in [3.05, 3.63) is 65.0 Å². The molecule has 2 bridgehead atoms. The number of carbonyl (C=O) groups excluding carboxylic acids is 1. The number of benzene rings is 1. The van der Waals surface area contributed by atoms with E-state index in [9.17, 15) is 18.0 Å².